The Morgan fingerprint density at radius 1 is 1.26 bits per heavy atom. The molecule has 0 aromatic carbocycles. The highest BCUT2D eigenvalue weighted by Crippen LogP contribution is 2.27. The Kier molecular flexibility index (Phi) is 6.86. The summed E-state index contributed by atoms with van der Waals surface area (Å²) in [5, 5.41) is 47.1. The second kappa shape index (κ2) is 7.99. The van der Waals surface area contributed by atoms with Crippen LogP contribution >= 0.6 is 0 Å². The summed E-state index contributed by atoms with van der Waals surface area (Å²) in [4.78, 5) is 22.9. The highest BCUT2D eigenvalue weighted by atomic mass is 16.7. The molecule has 1 fully saturated rings. The molecule has 6 unspecified atom stereocenters. The minimum Gasteiger partial charge on any atom is -0.465 e. The molecule has 0 radical (unpaired) electrons. The van der Waals surface area contributed by atoms with Crippen molar-refractivity contribution in [2.24, 2.45) is 5.41 Å². The predicted octanol–water partition coefficient (Wildman–Crippen LogP) is -3.11. The summed E-state index contributed by atoms with van der Waals surface area (Å²) in [5.41, 5.74) is -1.59. The Labute approximate surface area is 132 Å². The molecule has 10 nitrogen and oxygen atoms in total. The van der Waals surface area contributed by atoms with Crippen molar-refractivity contribution >= 4 is 11.9 Å². The van der Waals surface area contributed by atoms with Crippen molar-refractivity contribution in [3.05, 3.63) is 0 Å². The van der Waals surface area contributed by atoms with E-state index in [-0.39, 0.29) is 0 Å². The van der Waals surface area contributed by atoms with Gasteiger partial charge in [0.1, 0.15) is 36.4 Å². The molecule has 23 heavy (non-hydrogen) atoms. The van der Waals surface area contributed by atoms with Crippen molar-refractivity contribution in [3.8, 4) is 0 Å². The van der Waals surface area contributed by atoms with Gasteiger partial charge < -0.3 is 39.7 Å². The molecule has 6 atom stereocenters. The van der Waals surface area contributed by atoms with Crippen LogP contribution in [-0.4, -0.2) is 88.0 Å². The zero-order chi connectivity index (χ0) is 17.8. The van der Waals surface area contributed by atoms with Crippen LogP contribution < -0.4 is 0 Å². The van der Waals surface area contributed by atoms with Gasteiger partial charge in [0.05, 0.1) is 13.2 Å². The lowest BCUT2D eigenvalue weighted by Crippen LogP contribution is -2.43. The van der Waals surface area contributed by atoms with E-state index in [1.165, 1.54) is 6.92 Å². The lowest BCUT2D eigenvalue weighted by atomic mass is 9.93. The second-order valence-corrected chi connectivity index (χ2v) is 5.60. The third kappa shape index (κ3) is 4.59. The Morgan fingerprint density at radius 3 is 2.35 bits per heavy atom. The van der Waals surface area contributed by atoms with Crippen molar-refractivity contribution in [3.63, 3.8) is 0 Å². The first-order valence-electron chi connectivity index (χ1n) is 6.92. The molecular formula is C13H22O10. The maximum Gasteiger partial charge on any atom is 0.320 e. The van der Waals surface area contributed by atoms with Crippen LogP contribution in [0.5, 0.6) is 0 Å². The number of aliphatic hydroxyl groups is 5. The van der Waals surface area contributed by atoms with Gasteiger partial charge in [0, 0.05) is 6.92 Å². The molecule has 0 aromatic rings. The first-order valence-corrected chi connectivity index (χ1v) is 6.92. The molecule has 10 heteroatoms. The summed E-state index contributed by atoms with van der Waals surface area (Å²) in [6, 6.07) is 0. The highest BCUT2D eigenvalue weighted by Gasteiger charge is 2.49. The molecule has 0 aromatic heterocycles. The Balaban J connectivity index is 2.73. The summed E-state index contributed by atoms with van der Waals surface area (Å²) < 4.78 is 14.6. The molecule has 134 valence electrons. The number of carbonyl (C=O) groups excluding carboxylic acids is 2. The minimum atomic E-state index is -1.65. The molecule has 1 aliphatic rings. The van der Waals surface area contributed by atoms with Crippen LogP contribution in [0.2, 0.25) is 0 Å². The van der Waals surface area contributed by atoms with Gasteiger partial charge in [-0.3, -0.25) is 9.59 Å². The van der Waals surface area contributed by atoms with E-state index >= 15 is 0 Å². The van der Waals surface area contributed by atoms with E-state index in [0.717, 1.165) is 6.92 Å². The van der Waals surface area contributed by atoms with E-state index in [4.69, 9.17) is 14.6 Å². The van der Waals surface area contributed by atoms with Crippen molar-refractivity contribution in [2.75, 3.05) is 19.8 Å². The average Bonchev–Trinajstić information content (AvgIpc) is 2.80. The quantitative estimate of drug-likeness (QED) is 0.300. The molecule has 1 saturated heterocycles. The summed E-state index contributed by atoms with van der Waals surface area (Å²) >= 11 is 0. The van der Waals surface area contributed by atoms with Crippen LogP contribution in [0.1, 0.15) is 13.8 Å². The van der Waals surface area contributed by atoms with Gasteiger partial charge in [-0.05, 0) is 6.92 Å². The van der Waals surface area contributed by atoms with E-state index in [0.29, 0.717) is 0 Å². The number of rotatable bonds is 7. The molecule has 1 heterocycles. The van der Waals surface area contributed by atoms with Crippen molar-refractivity contribution in [1.29, 1.82) is 0 Å². The van der Waals surface area contributed by atoms with Crippen LogP contribution in [0.4, 0.5) is 0 Å². The number of aliphatic hydroxyl groups excluding tert-OH is 5. The molecule has 0 spiro atoms. The standard InChI is InChI=1S/C13H22O10/c1-6(16)21-5-13(2,4-15)12(20)23-11-9(19)8(18)10(22-11)7(17)3-14/h7-11,14-15,17-19H,3-5H2,1-2H3. The minimum absolute atomic E-state index is 0.453. The van der Waals surface area contributed by atoms with Gasteiger partial charge in [0.25, 0.3) is 0 Å². The van der Waals surface area contributed by atoms with Gasteiger partial charge in [-0.25, -0.2) is 0 Å². The first kappa shape index (κ1) is 19.7. The van der Waals surface area contributed by atoms with Gasteiger partial charge >= 0.3 is 11.9 Å². The molecule has 1 aliphatic heterocycles. The lowest BCUT2D eigenvalue weighted by Gasteiger charge is -2.26. The van der Waals surface area contributed by atoms with E-state index < -0.39 is 67.9 Å². The van der Waals surface area contributed by atoms with Gasteiger partial charge in [-0.15, -0.1) is 0 Å². The number of hydrogen-bond donors (Lipinski definition) is 5. The van der Waals surface area contributed by atoms with E-state index in [1.807, 2.05) is 0 Å². The van der Waals surface area contributed by atoms with Crippen LogP contribution in [0.15, 0.2) is 0 Å². The van der Waals surface area contributed by atoms with Gasteiger partial charge in [0.2, 0.25) is 6.29 Å². The molecule has 0 saturated carbocycles. The van der Waals surface area contributed by atoms with Crippen molar-refractivity contribution in [2.45, 2.75) is 44.6 Å². The van der Waals surface area contributed by atoms with Crippen molar-refractivity contribution in [1.82, 2.24) is 0 Å². The summed E-state index contributed by atoms with van der Waals surface area (Å²) in [7, 11) is 0. The van der Waals surface area contributed by atoms with E-state index in [9.17, 15) is 30.0 Å². The zero-order valence-electron chi connectivity index (χ0n) is 12.8. The zero-order valence-corrected chi connectivity index (χ0v) is 12.8. The monoisotopic (exact) mass is 338 g/mol. The Morgan fingerprint density at radius 2 is 1.87 bits per heavy atom. The van der Waals surface area contributed by atoms with Crippen LogP contribution in [0.3, 0.4) is 0 Å². The fourth-order valence-corrected chi connectivity index (χ4v) is 1.87. The molecule has 0 bridgehead atoms. The summed E-state index contributed by atoms with van der Waals surface area (Å²) in [6.45, 7) is 0.523. The average molecular weight is 338 g/mol. The second-order valence-electron chi connectivity index (χ2n) is 5.60. The Hall–Kier alpha value is -1.30. The molecule has 0 amide bonds. The largest absolute Gasteiger partial charge is 0.465 e. The molecule has 5 N–H and O–H groups in total. The number of carbonyl (C=O) groups is 2. The third-order valence-electron chi connectivity index (χ3n) is 3.48. The topological polar surface area (TPSA) is 163 Å². The van der Waals surface area contributed by atoms with E-state index in [2.05, 4.69) is 4.74 Å². The number of ether oxygens (including phenoxy) is 3. The molecule has 1 rings (SSSR count). The number of hydrogen-bond acceptors (Lipinski definition) is 10. The first-order chi connectivity index (χ1) is 10.7. The fourth-order valence-electron chi connectivity index (χ4n) is 1.87. The van der Waals surface area contributed by atoms with Gasteiger partial charge in [-0.2, -0.15) is 0 Å². The van der Waals surface area contributed by atoms with Crippen molar-refractivity contribution < 1.29 is 49.3 Å². The van der Waals surface area contributed by atoms with Crippen LogP contribution in [0, 0.1) is 5.41 Å². The fraction of sp³-hybridized carbons (Fsp3) is 0.846. The summed E-state index contributed by atoms with van der Waals surface area (Å²) in [6.07, 6.45) is -7.66. The maximum atomic E-state index is 12.1. The van der Waals surface area contributed by atoms with Crippen LogP contribution in [-0.2, 0) is 23.8 Å². The summed E-state index contributed by atoms with van der Waals surface area (Å²) in [5.74, 6) is -1.69. The normalized spacial score (nSPS) is 31.3. The molecular weight excluding hydrogens is 316 g/mol. The molecule has 0 aliphatic carbocycles. The SMILES string of the molecule is CC(=O)OCC(C)(CO)C(=O)OC1OC(C(O)CO)C(O)C1O. The van der Waals surface area contributed by atoms with E-state index in [1.54, 1.807) is 0 Å². The predicted molar refractivity (Wildman–Crippen MR) is 71.7 cm³/mol. The number of esters is 2. The smallest absolute Gasteiger partial charge is 0.320 e. The Bertz CT molecular complexity index is 427. The van der Waals surface area contributed by atoms with Gasteiger partial charge in [-0.1, -0.05) is 0 Å². The van der Waals surface area contributed by atoms with Crippen LogP contribution in [0.25, 0.3) is 0 Å². The maximum absolute atomic E-state index is 12.1. The highest BCUT2D eigenvalue weighted by molar-refractivity contribution is 5.77. The van der Waals surface area contributed by atoms with Gasteiger partial charge in [0.15, 0.2) is 0 Å². The third-order valence-corrected chi connectivity index (χ3v) is 3.48. The lowest BCUT2D eigenvalue weighted by molar-refractivity contribution is -0.208.